The third kappa shape index (κ3) is 5.56. The maximum absolute atomic E-state index is 6.56. The van der Waals surface area contributed by atoms with Gasteiger partial charge in [-0.2, -0.15) is 0 Å². The highest BCUT2D eigenvalue weighted by Gasteiger charge is 2.37. The zero-order chi connectivity index (χ0) is 38.8. The molecule has 0 radical (unpaired) electrons. The van der Waals surface area contributed by atoms with Crippen molar-refractivity contribution >= 4 is 21.9 Å². The Morgan fingerprint density at radius 3 is 1.50 bits per heavy atom. The lowest BCUT2D eigenvalue weighted by Crippen LogP contribution is -2.16. The van der Waals surface area contributed by atoms with Crippen molar-refractivity contribution in [3.63, 3.8) is 0 Å². The molecule has 0 aliphatic heterocycles. The van der Waals surface area contributed by atoms with E-state index in [4.69, 9.17) is 19.4 Å². The normalized spacial score (nSPS) is 12.8. The predicted octanol–water partition coefficient (Wildman–Crippen LogP) is 14.1. The zero-order valence-electron chi connectivity index (χ0n) is 32.1. The maximum atomic E-state index is 6.56. The van der Waals surface area contributed by atoms with Crippen LogP contribution in [0.2, 0.25) is 0 Å². The Morgan fingerprint density at radius 1 is 0.362 bits per heavy atom. The van der Waals surface area contributed by atoms with Gasteiger partial charge in [0.25, 0.3) is 0 Å². The number of fused-ring (bicyclic) bond motifs is 6. The largest absolute Gasteiger partial charge is 0.456 e. The summed E-state index contributed by atoms with van der Waals surface area (Å²) in [4.78, 5) is 15.5. The molecule has 0 fully saturated rings. The van der Waals surface area contributed by atoms with Crippen LogP contribution in [0.25, 0.3) is 101 Å². The molecule has 0 atom stereocenters. The van der Waals surface area contributed by atoms with Crippen LogP contribution in [0, 0.1) is 0 Å². The van der Waals surface area contributed by atoms with E-state index in [0.29, 0.717) is 17.5 Å². The van der Waals surface area contributed by atoms with E-state index in [1.807, 2.05) is 24.3 Å². The summed E-state index contributed by atoms with van der Waals surface area (Å²) in [5, 5.41) is 2.01. The molecule has 0 spiro atoms. The lowest BCUT2D eigenvalue weighted by molar-refractivity contribution is 0.662. The van der Waals surface area contributed by atoms with Gasteiger partial charge >= 0.3 is 0 Å². The summed E-state index contributed by atoms with van der Waals surface area (Å²) in [6.07, 6.45) is 0. The van der Waals surface area contributed by atoms with E-state index in [1.54, 1.807) is 0 Å². The van der Waals surface area contributed by atoms with Crippen molar-refractivity contribution in [1.82, 2.24) is 15.0 Å². The molecular formula is C54H37N3O. The fourth-order valence-electron chi connectivity index (χ4n) is 8.91. The van der Waals surface area contributed by atoms with Crippen LogP contribution in [0.5, 0.6) is 0 Å². The Hall–Kier alpha value is -7.43. The summed E-state index contributed by atoms with van der Waals surface area (Å²) < 4.78 is 6.56. The number of nitrogens with zero attached hydrogens (tertiary/aromatic N) is 3. The summed E-state index contributed by atoms with van der Waals surface area (Å²) in [6.45, 7) is 4.68. The monoisotopic (exact) mass is 743 g/mol. The Morgan fingerprint density at radius 2 is 0.845 bits per heavy atom. The van der Waals surface area contributed by atoms with Crippen LogP contribution in [-0.2, 0) is 5.41 Å². The molecule has 0 bridgehead atoms. The van der Waals surface area contributed by atoms with Gasteiger partial charge in [0.05, 0.1) is 0 Å². The Kier molecular flexibility index (Phi) is 7.80. The first-order valence-corrected chi connectivity index (χ1v) is 19.8. The highest BCUT2D eigenvalue weighted by molar-refractivity contribution is 6.13. The average Bonchev–Trinajstić information content (AvgIpc) is 3.78. The number of benzene rings is 8. The van der Waals surface area contributed by atoms with Crippen molar-refractivity contribution in [1.29, 1.82) is 0 Å². The van der Waals surface area contributed by atoms with Gasteiger partial charge < -0.3 is 4.42 Å². The first-order valence-electron chi connectivity index (χ1n) is 19.8. The van der Waals surface area contributed by atoms with E-state index in [1.165, 1.54) is 27.8 Å². The lowest BCUT2D eigenvalue weighted by Gasteiger charge is -2.24. The van der Waals surface area contributed by atoms with Gasteiger partial charge in [-0.15, -0.1) is 0 Å². The number of hydrogen-bond acceptors (Lipinski definition) is 4. The third-order valence-corrected chi connectivity index (χ3v) is 11.8. The van der Waals surface area contributed by atoms with Crippen LogP contribution < -0.4 is 0 Å². The molecule has 2 aromatic heterocycles. The minimum absolute atomic E-state index is 0.141. The van der Waals surface area contributed by atoms with Gasteiger partial charge in [0.1, 0.15) is 11.2 Å². The second-order valence-corrected chi connectivity index (χ2v) is 15.6. The van der Waals surface area contributed by atoms with E-state index < -0.39 is 0 Å². The molecule has 10 aromatic rings. The number of aromatic nitrogens is 3. The first-order chi connectivity index (χ1) is 28.5. The van der Waals surface area contributed by atoms with Gasteiger partial charge in [0.15, 0.2) is 17.5 Å². The van der Waals surface area contributed by atoms with E-state index in [-0.39, 0.29) is 5.41 Å². The van der Waals surface area contributed by atoms with Gasteiger partial charge in [-0.25, -0.2) is 15.0 Å². The molecule has 1 aliphatic carbocycles. The molecule has 0 unspecified atom stereocenters. The summed E-state index contributed by atoms with van der Waals surface area (Å²) >= 11 is 0. The van der Waals surface area contributed by atoms with Crippen molar-refractivity contribution in [3.05, 3.63) is 199 Å². The number of hydrogen-bond donors (Lipinski definition) is 0. The van der Waals surface area contributed by atoms with Crippen LogP contribution in [0.4, 0.5) is 0 Å². The quantitative estimate of drug-likeness (QED) is 0.170. The smallest absolute Gasteiger partial charge is 0.164 e. The van der Waals surface area contributed by atoms with Gasteiger partial charge in [0, 0.05) is 32.9 Å². The molecule has 0 saturated carbocycles. The molecule has 8 aromatic carbocycles. The molecule has 2 heterocycles. The predicted molar refractivity (Wildman–Crippen MR) is 237 cm³/mol. The van der Waals surface area contributed by atoms with Crippen LogP contribution in [0.3, 0.4) is 0 Å². The van der Waals surface area contributed by atoms with Crippen LogP contribution in [0.1, 0.15) is 25.0 Å². The molecule has 0 N–H and O–H groups in total. The standard InChI is InChI=1S/C54H37N3O/c1-54(2)46-21-10-9-17-42(46)43-19-11-18-41(50(43)54)40-31-32-47-45(33-40)49-44(20-12-22-48(49)58-47)53-56-51(38-27-23-36(24-28-38)34-13-5-3-6-14-34)55-52(57-53)39-29-25-37(26-30-39)35-15-7-4-8-16-35/h3-33H,1-2H3. The van der Waals surface area contributed by atoms with Crippen LogP contribution in [0.15, 0.2) is 192 Å². The van der Waals surface area contributed by atoms with Crippen molar-refractivity contribution in [2.24, 2.45) is 0 Å². The van der Waals surface area contributed by atoms with E-state index >= 15 is 0 Å². The van der Waals surface area contributed by atoms with Crippen molar-refractivity contribution in [2.45, 2.75) is 19.3 Å². The Labute approximate surface area is 337 Å². The van der Waals surface area contributed by atoms with E-state index in [0.717, 1.165) is 66.4 Å². The van der Waals surface area contributed by atoms with Gasteiger partial charge in [-0.1, -0.05) is 184 Å². The van der Waals surface area contributed by atoms with Crippen LogP contribution >= 0.6 is 0 Å². The number of rotatable bonds is 6. The van der Waals surface area contributed by atoms with Gasteiger partial charge in [-0.05, 0) is 73.8 Å². The molecule has 0 saturated heterocycles. The highest BCUT2D eigenvalue weighted by Crippen LogP contribution is 2.52. The summed E-state index contributed by atoms with van der Waals surface area (Å²) in [6, 6.07) is 66.0. The van der Waals surface area contributed by atoms with Crippen molar-refractivity contribution in [2.75, 3.05) is 0 Å². The maximum Gasteiger partial charge on any atom is 0.164 e. The SMILES string of the molecule is CC1(C)c2ccccc2-c2cccc(-c3ccc4oc5cccc(-c6nc(-c7ccc(-c8ccccc8)cc7)nc(-c7ccc(-c8ccccc8)cc7)n6)c5c4c3)c21. The molecule has 0 amide bonds. The molecule has 4 nitrogen and oxygen atoms in total. The minimum atomic E-state index is -0.141. The molecular weight excluding hydrogens is 707 g/mol. The Balaban J connectivity index is 1.08. The summed E-state index contributed by atoms with van der Waals surface area (Å²) in [5.41, 5.74) is 16.5. The van der Waals surface area contributed by atoms with Crippen molar-refractivity contribution < 1.29 is 4.42 Å². The Bertz CT molecular complexity index is 3060. The molecule has 1 aliphatic rings. The van der Waals surface area contributed by atoms with Gasteiger partial charge in [0.2, 0.25) is 0 Å². The lowest BCUT2D eigenvalue weighted by atomic mass is 9.79. The average molecular weight is 744 g/mol. The topological polar surface area (TPSA) is 51.8 Å². The first kappa shape index (κ1) is 33.9. The second-order valence-electron chi connectivity index (χ2n) is 15.6. The fraction of sp³-hybridized carbons (Fsp3) is 0.0556. The summed E-state index contributed by atoms with van der Waals surface area (Å²) in [5.74, 6) is 1.81. The molecule has 58 heavy (non-hydrogen) atoms. The summed E-state index contributed by atoms with van der Waals surface area (Å²) in [7, 11) is 0. The molecule has 4 heteroatoms. The second kappa shape index (κ2) is 13.4. The molecule has 274 valence electrons. The van der Waals surface area contributed by atoms with Crippen LogP contribution in [-0.4, -0.2) is 15.0 Å². The molecule has 11 rings (SSSR count). The van der Waals surface area contributed by atoms with Gasteiger partial charge in [-0.3, -0.25) is 0 Å². The minimum Gasteiger partial charge on any atom is -0.456 e. The van der Waals surface area contributed by atoms with Crippen molar-refractivity contribution in [3.8, 4) is 78.7 Å². The zero-order valence-corrected chi connectivity index (χ0v) is 32.1. The highest BCUT2D eigenvalue weighted by atomic mass is 16.3. The third-order valence-electron chi connectivity index (χ3n) is 11.8. The number of furan rings is 1. The van der Waals surface area contributed by atoms with E-state index in [9.17, 15) is 0 Å². The van der Waals surface area contributed by atoms with E-state index in [2.05, 4.69) is 178 Å². The fourth-order valence-corrected chi connectivity index (χ4v) is 8.91.